The Bertz CT molecular complexity index is 2360. The molecule has 0 aliphatic carbocycles. The van der Waals surface area contributed by atoms with Gasteiger partial charge in [-0.05, 0) is 80.8 Å². The summed E-state index contributed by atoms with van der Waals surface area (Å²) in [6.07, 6.45) is 10.6. The molecule has 0 radical (unpaired) electrons. The van der Waals surface area contributed by atoms with E-state index < -0.39 is 6.04 Å². The first-order valence-corrected chi connectivity index (χ1v) is 20.1. The first-order valence-electron chi connectivity index (χ1n) is 19.3. The number of nitrogens with zero attached hydrogens (tertiary/aromatic N) is 11. The van der Waals surface area contributed by atoms with Crippen LogP contribution >= 0.6 is 11.3 Å². The van der Waals surface area contributed by atoms with Crippen LogP contribution in [0.4, 0.5) is 16.6 Å². The van der Waals surface area contributed by atoms with E-state index in [-0.39, 0.29) is 17.7 Å². The molecule has 5 aromatic heterocycles. The van der Waals surface area contributed by atoms with Crippen LogP contribution in [0.15, 0.2) is 55.0 Å². The number of hydrogen-bond acceptors (Lipinski definition) is 14. The number of piperidine rings is 2. The van der Waals surface area contributed by atoms with Crippen LogP contribution in [0.25, 0.3) is 27.5 Å². The summed E-state index contributed by atoms with van der Waals surface area (Å²) in [5.74, 6) is 0.830. The van der Waals surface area contributed by atoms with E-state index in [1.807, 2.05) is 37.3 Å². The molecule has 4 atom stereocenters. The Morgan fingerprint density at radius 2 is 1.77 bits per heavy atom. The van der Waals surface area contributed by atoms with Crippen LogP contribution < -0.4 is 20.4 Å². The van der Waals surface area contributed by atoms with Crippen LogP contribution in [0.2, 0.25) is 0 Å². The summed E-state index contributed by atoms with van der Waals surface area (Å²) < 4.78 is 1.76. The molecule has 0 aromatic carbocycles. The highest BCUT2D eigenvalue weighted by Crippen LogP contribution is 2.39. The molecule has 284 valence electrons. The third-order valence-electron chi connectivity index (χ3n) is 11.7. The smallest absolute Gasteiger partial charge is 0.234 e. The van der Waals surface area contributed by atoms with Gasteiger partial charge in [-0.3, -0.25) is 24.8 Å². The first-order chi connectivity index (χ1) is 27.3. The van der Waals surface area contributed by atoms with Crippen molar-refractivity contribution in [3.63, 3.8) is 0 Å². The summed E-state index contributed by atoms with van der Waals surface area (Å²) in [6.45, 7) is 6.68. The molecule has 56 heavy (non-hydrogen) atoms. The minimum Gasteiger partial charge on any atom is -0.369 e. The molecular weight excluding hydrogens is 727 g/mol. The molecule has 9 rings (SSSR count). The minimum absolute atomic E-state index is 0.202. The molecule has 16 heteroatoms. The molecule has 9 heterocycles. The number of aromatic nitrogens is 6. The zero-order valence-corrected chi connectivity index (χ0v) is 31.8. The van der Waals surface area contributed by atoms with Gasteiger partial charge in [0.15, 0.2) is 5.01 Å². The number of pyridine rings is 2. The predicted octanol–water partition coefficient (Wildman–Crippen LogP) is 4.60. The Morgan fingerprint density at radius 3 is 2.50 bits per heavy atom. The van der Waals surface area contributed by atoms with Crippen LogP contribution in [0.3, 0.4) is 0 Å². The van der Waals surface area contributed by atoms with Crippen LogP contribution in [0.1, 0.15) is 62.5 Å². The Morgan fingerprint density at radius 1 is 0.946 bits per heavy atom. The molecule has 2 amide bonds. The van der Waals surface area contributed by atoms with Gasteiger partial charge < -0.3 is 15.1 Å². The molecule has 4 aliphatic rings. The molecule has 2 N–H and O–H groups in total. The van der Waals surface area contributed by atoms with E-state index in [0.717, 1.165) is 89.5 Å². The van der Waals surface area contributed by atoms with Crippen molar-refractivity contribution in [2.75, 3.05) is 47.8 Å². The average Bonchev–Trinajstić information content (AvgIpc) is 3.93. The summed E-state index contributed by atoms with van der Waals surface area (Å²) in [4.78, 5) is 40.9. The fourth-order valence-corrected chi connectivity index (χ4v) is 9.63. The van der Waals surface area contributed by atoms with E-state index in [2.05, 4.69) is 52.8 Å². The highest BCUT2D eigenvalue weighted by atomic mass is 32.1. The van der Waals surface area contributed by atoms with Crippen molar-refractivity contribution in [2.24, 2.45) is 5.92 Å². The maximum atomic E-state index is 12.3. The molecule has 0 spiro atoms. The van der Waals surface area contributed by atoms with E-state index in [4.69, 9.17) is 9.97 Å². The van der Waals surface area contributed by atoms with Crippen LogP contribution in [0.5, 0.6) is 0 Å². The Labute approximate surface area is 328 Å². The lowest BCUT2D eigenvalue weighted by Gasteiger charge is -2.43. The minimum atomic E-state index is -0.442. The topological polar surface area (TPSA) is 184 Å². The zero-order valence-electron chi connectivity index (χ0n) is 31.0. The highest BCUT2D eigenvalue weighted by molar-refractivity contribution is 7.18. The first kappa shape index (κ1) is 35.7. The number of hydrogen-bond donors (Lipinski definition) is 2. The van der Waals surface area contributed by atoms with Crippen molar-refractivity contribution in [2.45, 2.75) is 69.5 Å². The molecule has 5 aromatic rings. The quantitative estimate of drug-likeness (QED) is 0.199. The molecule has 4 fully saturated rings. The van der Waals surface area contributed by atoms with Crippen molar-refractivity contribution < 1.29 is 9.59 Å². The van der Waals surface area contributed by atoms with Crippen molar-refractivity contribution >= 4 is 45.3 Å². The van der Waals surface area contributed by atoms with E-state index in [0.29, 0.717) is 42.1 Å². The molecule has 4 saturated heterocycles. The fraction of sp³-hybridized carbons (Fsp3) is 0.425. The molecule has 2 bridgehead atoms. The molecule has 0 saturated carbocycles. The van der Waals surface area contributed by atoms with Gasteiger partial charge in [-0.25, -0.2) is 9.50 Å². The van der Waals surface area contributed by atoms with Crippen molar-refractivity contribution in [1.82, 2.24) is 40.0 Å². The van der Waals surface area contributed by atoms with Gasteiger partial charge >= 0.3 is 0 Å². The Kier molecular flexibility index (Phi) is 9.52. The van der Waals surface area contributed by atoms with Crippen molar-refractivity contribution in [3.8, 4) is 34.1 Å². The lowest BCUT2D eigenvalue weighted by Crippen LogP contribution is -2.55. The zero-order chi connectivity index (χ0) is 38.3. The monoisotopic (exact) mass is 767 g/mol. The van der Waals surface area contributed by atoms with Gasteiger partial charge in [0.2, 0.25) is 16.9 Å². The summed E-state index contributed by atoms with van der Waals surface area (Å²) in [5, 5.41) is 40.1. The summed E-state index contributed by atoms with van der Waals surface area (Å²) in [7, 11) is 0. The highest BCUT2D eigenvalue weighted by Gasteiger charge is 2.42. The van der Waals surface area contributed by atoms with Gasteiger partial charge in [-0.1, -0.05) is 17.4 Å². The number of nitriles is 2. The number of piperazine rings is 1. The summed E-state index contributed by atoms with van der Waals surface area (Å²) in [6, 6.07) is 16.5. The lowest BCUT2D eigenvalue weighted by molar-refractivity contribution is -0.134. The van der Waals surface area contributed by atoms with E-state index in [1.54, 1.807) is 34.3 Å². The number of fused-ring (bicyclic) bond motifs is 3. The number of nitrogens with one attached hydrogen (secondary N) is 2. The third kappa shape index (κ3) is 6.91. The van der Waals surface area contributed by atoms with Crippen molar-refractivity contribution in [3.05, 3.63) is 66.1 Å². The van der Waals surface area contributed by atoms with E-state index in [9.17, 15) is 20.1 Å². The SMILES string of the molecule is C[C@H](C#N)Nc1cc(-c2ccc3cc(C#N)cnn23)ncc1-c1nnc(N2CC3CCC(C2)N3CC2CCN(c3ccc([C@@H]4CCC(=O)NC4=O)cn3)CC2)s1. The van der Waals surface area contributed by atoms with Crippen LogP contribution in [-0.4, -0.2) is 97.3 Å². The van der Waals surface area contributed by atoms with Gasteiger partial charge in [0, 0.05) is 69.3 Å². The predicted molar refractivity (Wildman–Crippen MR) is 211 cm³/mol. The molecule has 2 unspecified atom stereocenters. The van der Waals surface area contributed by atoms with Gasteiger partial charge in [0.05, 0.1) is 46.2 Å². The maximum Gasteiger partial charge on any atom is 0.234 e. The molecule has 4 aliphatic heterocycles. The van der Waals surface area contributed by atoms with Gasteiger partial charge in [-0.15, -0.1) is 10.2 Å². The largest absolute Gasteiger partial charge is 0.369 e. The Balaban J connectivity index is 0.836. The number of imide groups is 1. The van der Waals surface area contributed by atoms with Crippen LogP contribution in [0, 0.1) is 28.6 Å². The number of amides is 2. The second kappa shape index (κ2) is 14.9. The Hall–Kier alpha value is -5.97. The maximum absolute atomic E-state index is 12.3. The van der Waals surface area contributed by atoms with E-state index >= 15 is 0 Å². The summed E-state index contributed by atoms with van der Waals surface area (Å²) >= 11 is 1.56. The van der Waals surface area contributed by atoms with Crippen molar-refractivity contribution in [1.29, 1.82) is 10.5 Å². The number of carbonyl (C=O) groups excluding carboxylic acids is 2. The number of rotatable bonds is 9. The van der Waals surface area contributed by atoms with Gasteiger partial charge in [0.25, 0.3) is 0 Å². The number of carbonyl (C=O) groups is 2. The lowest BCUT2D eigenvalue weighted by atomic mass is 9.91. The second-order valence-corrected chi connectivity index (χ2v) is 16.2. The van der Waals surface area contributed by atoms with Gasteiger partial charge in [0.1, 0.15) is 17.9 Å². The standard InChI is InChI=1S/C40H41N13O2S/c1-24(16-41)46-33-15-34(35-7-5-28-14-26(17-42)18-45-53(28)35)43-20-32(33)39-48-49-40(56-39)51-22-29-3-4-30(23-51)52(29)21-25-10-12-50(13-11-25)36-8-2-27(19-44-36)31-6-9-37(54)47-38(31)55/h2,5,7-8,14-15,18-20,24-25,29-31H,3-4,6,9-13,21-23H2,1H3,(H,43,46)(H,47,54,55)/t24-,29?,30?,31+/m1/s1. The normalized spacial score (nSPS) is 22.2. The van der Waals surface area contributed by atoms with Crippen LogP contribution in [-0.2, 0) is 9.59 Å². The summed E-state index contributed by atoms with van der Waals surface area (Å²) in [5.41, 5.74) is 5.13. The molecular formula is C40H41N13O2S. The molecule has 15 nitrogen and oxygen atoms in total. The van der Waals surface area contributed by atoms with E-state index in [1.165, 1.54) is 19.0 Å². The number of anilines is 3. The second-order valence-electron chi connectivity index (χ2n) is 15.3. The fourth-order valence-electron chi connectivity index (χ4n) is 8.75. The average molecular weight is 768 g/mol. The third-order valence-corrected chi connectivity index (χ3v) is 12.7. The van der Waals surface area contributed by atoms with Gasteiger partial charge in [-0.2, -0.15) is 15.6 Å².